The standard InChI is InChI=1S/C18H18N2O4/c1-12-4-3-5-15(8-12)22-10-18(21)20-19-13(2)14-6-7-16-17(9-14)24-11-23-16/h3-9H,10-11H2,1-2H3,(H,20,21). The molecule has 0 unspecified atom stereocenters. The van der Waals surface area contributed by atoms with Crippen molar-refractivity contribution < 1.29 is 19.0 Å². The summed E-state index contributed by atoms with van der Waals surface area (Å²) in [5.41, 5.74) is 5.07. The lowest BCUT2D eigenvalue weighted by Gasteiger charge is -2.07. The second kappa shape index (κ2) is 7.04. The molecule has 0 fully saturated rings. The van der Waals surface area contributed by atoms with Gasteiger partial charge in [-0.05, 0) is 49.7 Å². The third kappa shape index (κ3) is 3.84. The molecule has 1 amide bonds. The monoisotopic (exact) mass is 326 g/mol. The van der Waals surface area contributed by atoms with Crippen LogP contribution in [0.25, 0.3) is 0 Å². The van der Waals surface area contributed by atoms with Crippen molar-refractivity contribution in [2.24, 2.45) is 5.10 Å². The predicted octanol–water partition coefficient (Wildman–Crippen LogP) is 2.64. The van der Waals surface area contributed by atoms with Crippen molar-refractivity contribution in [2.75, 3.05) is 13.4 Å². The zero-order valence-electron chi connectivity index (χ0n) is 13.5. The third-order valence-corrected chi connectivity index (χ3v) is 3.50. The van der Waals surface area contributed by atoms with Gasteiger partial charge in [0.15, 0.2) is 18.1 Å². The molecule has 0 saturated carbocycles. The van der Waals surface area contributed by atoms with Gasteiger partial charge in [-0.3, -0.25) is 4.79 Å². The van der Waals surface area contributed by atoms with E-state index in [0.717, 1.165) is 11.1 Å². The molecule has 24 heavy (non-hydrogen) atoms. The zero-order chi connectivity index (χ0) is 16.9. The van der Waals surface area contributed by atoms with Crippen LogP contribution in [0.5, 0.6) is 17.2 Å². The maximum absolute atomic E-state index is 11.8. The molecule has 0 aromatic heterocycles. The van der Waals surface area contributed by atoms with Gasteiger partial charge < -0.3 is 14.2 Å². The molecule has 1 N–H and O–H groups in total. The first-order valence-corrected chi connectivity index (χ1v) is 7.54. The minimum Gasteiger partial charge on any atom is -0.484 e. The van der Waals surface area contributed by atoms with Gasteiger partial charge in [0.1, 0.15) is 5.75 Å². The molecule has 1 aliphatic heterocycles. The van der Waals surface area contributed by atoms with Gasteiger partial charge >= 0.3 is 0 Å². The number of fused-ring (bicyclic) bond motifs is 1. The molecule has 0 atom stereocenters. The quantitative estimate of drug-likeness (QED) is 0.677. The Kier molecular flexibility index (Phi) is 4.65. The minimum absolute atomic E-state index is 0.0959. The van der Waals surface area contributed by atoms with E-state index in [2.05, 4.69) is 10.5 Å². The Balaban J connectivity index is 1.55. The van der Waals surface area contributed by atoms with Crippen LogP contribution in [0.1, 0.15) is 18.1 Å². The normalized spacial score (nSPS) is 12.8. The topological polar surface area (TPSA) is 69.2 Å². The summed E-state index contributed by atoms with van der Waals surface area (Å²) in [4.78, 5) is 11.8. The molecule has 2 aromatic rings. The van der Waals surface area contributed by atoms with Crippen LogP contribution in [0.4, 0.5) is 0 Å². The van der Waals surface area contributed by atoms with Gasteiger partial charge in [0.25, 0.3) is 5.91 Å². The molecule has 3 rings (SSSR count). The van der Waals surface area contributed by atoms with Gasteiger partial charge in [-0.2, -0.15) is 5.10 Å². The molecule has 0 aliphatic carbocycles. The van der Waals surface area contributed by atoms with Crippen LogP contribution < -0.4 is 19.6 Å². The number of aryl methyl sites for hydroxylation is 1. The molecule has 1 heterocycles. The fourth-order valence-electron chi connectivity index (χ4n) is 2.22. The Morgan fingerprint density at radius 2 is 2.04 bits per heavy atom. The summed E-state index contributed by atoms with van der Waals surface area (Å²) in [6.45, 7) is 3.90. The Hall–Kier alpha value is -3.02. The third-order valence-electron chi connectivity index (χ3n) is 3.50. The summed E-state index contributed by atoms with van der Waals surface area (Å²) in [6.07, 6.45) is 0. The summed E-state index contributed by atoms with van der Waals surface area (Å²) in [6, 6.07) is 13.0. The number of hydrogen-bond donors (Lipinski definition) is 1. The highest BCUT2D eigenvalue weighted by molar-refractivity contribution is 5.99. The van der Waals surface area contributed by atoms with Gasteiger partial charge in [-0.25, -0.2) is 5.43 Å². The van der Waals surface area contributed by atoms with Crippen molar-refractivity contribution in [2.45, 2.75) is 13.8 Å². The summed E-state index contributed by atoms with van der Waals surface area (Å²) in [5, 5.41) is 4.09. The van der Waals surface area contributed by atoms with Crippen LogP contribution >= 0.6 is 0 Å². The first kappa shape index (κ1) is 15.9. The Morgan fingerprint density at radius 1 is 1.21 bits per heavy atom. The summed E-state index contributed by atoms with van der Waals surface area (Å²) in [5.74, 6) is 1.72. The van der Waals surface area contributed by atoms with Gasteiger partial charge in [-0.1, -0.05) is 12.1 Å². The Morgan fingerprint density at radius 3 is 2.88 bits per heavy atom. The Labute approximate surface area is 140 Å². The average Bonchev–Trinajstić information content (AvgIpc) is 3.05. The molecular weight excluding hydrogens is 308 g/mol. The summed E-state index contributed by atoms with van der Waals surface area (Å²) in [7, 11) is 0. The van der Waals surface area contributed by atoms with Crippen molar-refractivity contribution in [3.05, 3.63) is 53.6 Å². The van der Waals surface area contributed by atoms with Crippen molar-refractivity contribution in [3.8, 4) is 17.2 Å². The predicted molar refractivity (Wildman–Crippen MR) is 89.6 cm³/mol. The number of nitrogens with zero attached hydrogens (tertiary/aromatic N) is 1. The number of nitrogens with one attached hydrogen (secondary N) is 1. The molecule has 0 bridgehead atoms. The molecule has 6 nitrogen and oxygen atoms in total. The molecule has 0 saturated heterocycles. The van der Waals surface area contributed by atoms with Crippen molar-refractivity contribution in [1.29, 1.82) is 0 Å². The van der Waals surface area contributed by atoms with Gasteiger partial charge in [-0.15, -0.1) is 0 Å². The van der Waals surface area contributed by atoms with E-state index in [1.54, 1.807) is 13.0 Å². The van der Waals surface area contributed by atoms with E-state index in [1.165, 1.54) is 0 Å². The smallest absolute Gasteiger partial charge is 0.277 e. The molecule has 124 valence electrons. The highest BCUT2D eigenvalue weighted by atomic mass is 16.7. The van der Waals surface area contributed by atoms with E-state index in [4.69, 9.17) is 14.2 Å². The van der Waals surface area contributed by atoms with Crippen LogP contribution in [0.2, 0.25) is 0 Å². The van der Waals surface area contributed by atoms with Gasteiger partial charge in [0.2, 0.25) is 6.79 Å². The first-order chi connectivity index (χ1) is 11.6. The molecule has 0 radical (unpaired) electrons. The number of hydrazone groups is 1. The minimum atomic E-state index is -0.323. The van der Waals surface area contributed by atoms with Crippen LogP contribution in [0.15, 0.2) is 47.6 Å². The maximum atomic E-state index is 11.8. The van der Waals surface area contributed by atoms with Crippen molar-refractivity contribution in [3.63, 3.8) is 0 Å². The van der Waals surface area contributed by atoms with Crippen LogP contribution in [-0.2, 0) is 4.79 Å². The molecule has 6 heteroatoms. The second-order valence-corrected chi connectivity index (χ2v) is 5.41. The first-order valence-electron chi connectivity index (χ1n) is 7.54. The van der Waals surface area contributed by atoms with E-state index in [9.17, 15) is 4.79 Å². The number of carbonyl (C=O) groups is 1. The highest BCUT2D eigenvalue weighted by Gasteiger charge is 2.14. The van der Waals surface area contributed by atoms with Crippen molar-refractivity contribution in [1.82, 2.24) is 5.43 Å². The molecule has 2 aromatic carbocycles. The van der Waals surface area contributed by atoms with E-state index in [-0.39, 0.29) is 19.3 Å². The Bertz CT molecular complexity index is 786. The van der Waals surface area contributed by atoms with Crippen molar-refractivity contribution >= 4 is 11.6 Å². The zero-order valence-corrected chi connectivity index (χ0v) is 13.5. The fraction of sp³-hybridized carbons (Fsp3) is 0.222. The lowest BCUT2D eigenvalue weighted by molar-refractivity contribution is -0.123. The van der Waals surface area contributed by atoms with Gasteiger partial charge in [0, 0.05) is 5.56 Å². The number of ether oxygens (including phenoxy) is 3. The van der Waals surface area contributed by atoms with Crippen LogP contribution in [0.3, 0.4) is 0 Å². The number of hydrogen-bond acceptors (Lipinski definition) is 5. The number of carbonyl (C=O) groups excluding carboxylic acids is 1. The second-order valence-electron chi connectivity index (χ2n) is 5.41. The number of benzene rings is 2. The number of rotatable bonds is 5. The lowest BCUT2D eigenvalue weighted by Crippen LogP contribution is -2.25. The highest BCUT2D eigenvalue weighted by Crippen LogP contribution is 2.32. The number of amides is 1. The van der Waals surface area contributed by atoms with Crippen LogP contribution in [0, 0.1) is 6.92 Å². The van der Waals surface area contributed by atoms with E-state index >= 15 is 0 Å². The molecule has 1 aliphatic rings. The fourth-order valence-corrected chi connectivity index (χ4v) is 2.22. The maximum Gasteiger partial charge on any atom is 0.277 e. The average molecular weight is 326 g/mol. The van der Waals surface area contributed by atoms with Gasteiger partial charge in [0.05, 0.1) is 5.71 Å². The molecular formula is C18H18N2O4. The van der Waals surface area contributed by atoms with E-state index < -0.39 is 0 Å². The summed E-state index contributed by atoms with van der Waals surface area (Å²) >= 11 is 0. The largest absolute Gasteiger partial charge is 0.484 e. The molecule has 0 spiro atoms. The lowest BCUT2D eigenvalue weighted by atomic mass is 10.1. The summed E-state index contributed by atoms with van der Waals surface area (Å²) < 4.78 is 16.0. The SMILES string of the molecule is CC(=NNC(=O)COc1cccc(C)c1)c1ccc2c(c1)OCO2. The van der Waals surface area contributed by atoms with Crippen LogP contribution in [-0.4, -0.2) is 25.0 Å². The van der Waals surface area contributed by atoms with E-state index in [0.29, 0.717) is 23.0 Å². The van der Waals surface area contributed by atoms with E-state index in [1.807, 2.05) is 43.3 Å².